The maximum absolute atomic E-state index is 12.7. The summed E-state index contributed by atoms with van der Waals surface area (Å²) in [6, 6.07) is 3.07. The molecule has 150 valence electrons. The second-order valence-electron chi connectivity index (χ2n) is 8.42. The number of carbonyl (C=O) groups is 3. The monoisotopic (exact) mass is 386 g/mol. The first kappa shape index (κ1) is 18.9. The number of pyridine rings is 1. The van der Waals surface area contributed by atoms with Gasteiger partial charge in [0.15, 0.2) is 0 Å². The Hall–Kier alpha value is -2.48. The molecule has 0 aromatic carbocycles. The zero-order valence-electron chi connectivity index (χ0n) is 16.0. The predicted molar refractivity (Wildman–Crippen MR) is 100 cm³/mol. The Bertz CT molecular complexity index is 784. The Balaban J connectivity index is 1.31. The van der Waals surface area contributed by atoms with Crippen LogP contribution in [-0.2, 0) is 9.59 Å². The van der Waals surface area contributed by atoms with Crippen LogP contribution in [0.4, 0.5) is 0 Å². The Morgan fingerprint density at radius 3 is 2.71 bits per heavy atom. The number of imide groups is 1. The number of aromatic nitrogens is 1. The van der Waals surface area contributed by atoms with Crippen LogP contribution in [0.5, 0.6) is 5.88 Å². The van der Waals surface area contributed by atoms with Crippen LogP contribution in [0.15, 0.2) is 18.3 Å². The second-order valence-corrected chi connectivity index (χ2v) is 8.42. The number of ether oxygens (including phenoxy) is 1. The summed E-state index contributed by atoms with van der Waals surface area (Å²) in [5.41, 5.74) is 5.77. The molecule has 28 heavy (non-hydrogen) atoms. The van der Waals surface area contributed by atoms with Crippen molar-refractivity contribution in [2.24, 2.45) is 11.1 Å². The molecule has 1 aliphatic heterocycles. The molecule has 8 nitrogen and oxygen atoms in total. The maximum atomic E-state index is 12.7. The van der Waals surface area contributed by atoms with Crippen LogP contribution in [0.3, 0.4) is 0 Å². The molecule has 1 saturated heterocycles. The molecule has 1 atom stereocenters. The van der Waals surface area contributed by atoms with E-state index in [2.05, 4.69) is 4.98 Å². The first-order chi connectivity index (χ1) is 13.4. The maximum Gasteiger partial charge on any atom is 0.254 e. The Labute approximate surface area is 164 Å². The molecule has 2 N–H and O–H groups in total. The number of primary amides is 1. The smallest absolute Gasteiger partial charge is 0.254 e. The third kappa shape index (κ3) is 3.26. The zero-order valence-corrected chi connectivity index (χ0v) is 16.0. The largest absolute Gasteiger partial charge is 0.474 e. The number of likely N-dealkylation sites (tertiary alicyclic amines) is 1. The van der Waals surface area contributed by atoms with Gasteiger partial charge in [-0.2, -0.15) is 0 Å². The average Bonchev–Trinajstić information content (AvgIpc) is 3.04. The minimum Gasteiger partial charge on any atom is -0.474 e. The zero-order chi connectivity index (χ0) is 19.9. The lowest BCUT2D eigenvalue weighted by Crippen LogP contribution is -2.61. The van der Waals surface area contributed by atoms with E-state index in [1.807, 2.05) is 11.9 Å². The third-order valence-corrected chi connectivity index (χ3v) is 6.54. The van der Waals surface area contributed by atoms with E-state index in [9.17, 15) is 14.4 Å². The van der Waals surface area contributed by atoms with Crippen molar-refractivity contribution in [1.82, 2.24) is 14.8 Å². The van der Waals surface area contributed by atoms with E-state index in [4.69, 9.17) is 10.5 Å². The van der Waals surface area contributed by atoms with E-state index in [-0.39, 0.29) is 41.0 Å². The highest BCUT2D eigenvalue weighted by molar-refractivity contribution is 5.95. The van der Waals surface area contributed by atoms with Gasteiger partial charge >= 0.3 is 0 Å². The number of carbonyl (C=O) groups excluding carboxylic acids is 3. The summed E-state index contributed by atoms with van der Waals surface area (Å²) in [6.45, 7) is 0.900. The lowest BCUT2D eigenvalue weighted by atomic mass is 9.52. The van der Waals surface area contributed by atoms with Crippen LogP contribution in [-0.4, -0.2) is 64.8 Å². The number of rotatable bonds is 6. The molecular weight excluding hydrogens is 360 g/mol. The lowest BCUT2D eigenvalue weighted by Gasteiger charge is -2.58. The van der Waals surface area contributed by atoms with Crippen molar-refractivity contribution in [3.8, 4) is 5.88 Å². The predicted octanol–water partition coefficient (Wildman–Crippen LogP) is 0.950. The van der Waals surface area contributed by atoms with Crippen LogP contribution in [0.2, 0.25) is 0 Å². The summed E-state index contributed by atoms with van der Waals surface area (Å²) in [5, 5.41) is 0. The SMILES string of the molecule is CN1CCCC1C(=O)N(C=O)[C@H]1CC2(C[C@H](Oc3ncccc3C(N)=O)C2)C1. The van der Waals surface area contributed by atoms with Gasteiger partial charge in [-0.3, -0.25) is 24.2 Å². The molecule has 1 unspecified atom stereocenters. The minimum atomic E-state index is -0.558. The molecule has 2 aliphatic carbocycles. The van der Waals surface area contributed by atoms with E-state index in [1.54, 1.807) is 18.3 Å². The first-order valence-corrected chi connectivity index (χ1v) is 9.82. The van der Waals surface area contributed by atoms with Crippen LogP contribution in [0, 0.1) is 5.41 Å². The molecule has 1 spiro atoms. The molecule has 0 radical (unpaired) electrons. The van der Waals surface area contributed by atoms with E-state index >= 15 is 0 Å². The molecule has 3 fully saturated rings. The Kier molecular flexibility index (Phi) is 4.82. The second kappa shape index (κ2) is 7.16. The van der Waals surface area contributed by atoms with Crippen LogP contribution < -0.4 is 10.5 Å². The number of amides is 3. The van der Waals surface area contributed by atoms with Crippen molar-refractivity contribution >= 4 is 18.2 Å². The molecule has 3 aliphatic rings. The van der Waals surface area contributed by atoms with Gasteiger partial charge in [0.25, 0.3) is 5.91 Å². The van der Waals surface area contributed by atoms with Gasteiger partial charge in [-0.05, 0) is 69.7 Å². The fourth-order valence-corrected chi connectivity index (χ4v) is 5.00. The van der Waals surface area contributed by atoms with Gasteiger partial charge in [-0.25, -0.2) is 4.98 Å². The summed E-state index contributed by atoms with van der Waals surface area (Å²) < 4.78 is 5.87. The van der Waals surface area contributed by atoms with E-state index in [0.29, 0.717) is 6.41 Å². The standard InChI is InChI=1S/C20H26N4O4/c1-23-7-3-5-16(23)19(27)24(12-25)13-8-20(9-13)10-14(11-20)28-18-15(17(21)26)4-2-6-22-18/h2,4,6,12-14,16H,3,5,7-11H2,1H3,(H2,21,26)/t13-,14-,16?,20?. The lowest BCUT2D eigenvalue weighted by molar-refractivity contribution is -0.158. The average molecular weight is 386 g/mol. The number of nitrogens with two attached hydrogens (primary N) is 1. The molecule has 1 aromatic heterocycles. The molecule has 4 rings (SSSR count). The highest BCUT2D eigenvalue weighted by Crippen LogP contribution is 2.58. The number of hydrogen-bond donors (Lipinski definition) is 1. The highest BCUT2D eigenvalue weighted by Gasteiger charge is 2.56. The van der Waals surface area contributed by atoms with E-state index in [1.165, 1.54) is 4.90 Å². The van der Waals surface area contributed by atoms with Crippen molar-refractivity contribution in [1.29, 1.82) is 0 Å². The normalized spacial score (nSPS) is 31.7. The van der Waals surface area contributed by atoms with Crippen molar-refractivity contribution in [3.05, 3.63) is 23.9 Å². The number of hydrogen-bond acceptors (Lipinski definition) is 6. The van der Waals surface area contributed by atoms with Crippen molar-refractivity contribution in [2.75, 3.05) is 13.6 Å². The van der Waals surface area contributed by atoms with Gasteiger partial charge in [-0.1, -0.05) is 0 Å². The van der Waals surface area contributed by atoms with Crippen molar-refractivity contribution in [2.45, 2.75) is 56.7 Å². The van der Waals surface area contributed by atoms with Gasteiger partial charge in [0.05, 0.1) is 6.04 Å². The summed E-state index contributed by atoms with van der Waals surface area (Å²) in [4.78, 5) is 43.3. The fourth-order valence-electron chi connectivity index (χ4n) is 5.00. The minimum absolute atomic E-state index is 0.0176. The molecule has 0 bridgehead atoms. The summed E-state index contributed by atoms with van der Waals surface area (Å²) in [7, 11) is 1.94. The Morgan fingerprint density at radius 2 is 2.11 bits per heavy atom. The van der Waals surface area contributed by atoms with Crippen LogP contribution in [0.1, 0.15) is 48.9 Å². The van der Waals surface area contributed by atoms with Gasteiger partial charge in [-0.15, -0.1) is 0 Å². The molecule has 2 heterocycles. The van der Waals surface area contributed by atoms with Crippen molar-refractivity contribution in [3.63, 3.8) is 0 Å². The highest BCUT2D eigenvalue weighted by atomic mass is 16.5. The van der Waals surface area contributed by atoms with Gasteiger partial charge < -0.3 is 10.5 Å². The van der Waals surface area contributed by atoms with Crippen molar-refractivity contribution < 1.29 is 19.1 Å². The summed E-state index contributed by atoms with van der Waals surface area (Å²) in [6.07, 6.45) is 7.38. The van der Waals surface area contributed by atoms with Gasteiger partial charge in [0.2, 0.25) is 18.2 Å². The molecular formula is C20H26N4O4. The molecule has 1 aromatic rings. The summed E-state index contributed by atoms with van der Waals surface area (Å²) in [5.74, 6) is -0.348. The topological polar surface area (TPSA) is 106 Å². The molecule has 3 amide bonds. The van der Waals surface area contributed by atoms with Crippen LogP contribution in [0.25, 0.3) is 0 Å². The van der Waals surface area contributed by atoms with Gasteiger partial charge in [0, 0.05) is 12.2 Å². The number of nitrogens with zero attached hydrogens (tertiary/aromatic N) is 3. The van der Waals surface area contributed by atoms with Crippen LogP contribution >= 0.6 is 0 Å². The third-order valence-electron chi connectivity index (χ3n) is 6.54. The first-order valence-electron chi connectivity index (χ1n) is 9.82. The number of likely N-dealkylation sites (N-methyl/N-ethyl adjacent to an activating group) is 1. The Morgan fingerprint density at radius 1 is 1.36 bits per heavy atom. The quantitative estimate of drug-likeness (QED) is 0.730. The molecule has 2 saturated carbocycles. The van der Waals surface area contributed by atoms with E-state index < -0.39 is 5.91 Å². The summed E-state index contributed by atoms with van der Waals surface area (Å²) >= 11 is 0. The van der Waals surface area contributed by atoms with E-state index in [0.717, 1.165) is 45.1 Å². The molecule has 8 heteroatoms. The van der Waals surface area contributed by atoms with Gasteiger partial charge in [0.1, 0.15) is 11.7 Å². The fraction of sp³-hybridized carbons (Fsp3) is 0.600.